The van der Waals surface area contributed by atoms with Gasteiger partial charge in [-0.3, -0.25) is 9.62 Å². The number of nitrogens with zero attached hydrogens (tertiary/aromatic N) is 2. The van der Waals surface area contributed by atoms with Crippen LogP contribution in [0, 0.1) is 5.82 Å². The second-order valence-electron chi connectivity index (χ2n) is 6.80. The van der Waals surface area contributed by atoms with Gasteiger partial charge < -0.3 is 10.0 Å². The lowest BCUT2D eigenvalue weighted by molar-refractivity contribution is 0.0697. The van der Waals surface area contributed by atoms with Crippen LogP contribution in [0.2, 0.25) is 0 Å². The number of aromatic carboxylic acids is 1. The molecule has 2 aromatic rings. The summed E-state index contributed by atoms with van der Waals surface area (Å²) in [6, 6.07) is 11.0. The summed E-state index contributed by atoms with van der Waals surface area (Å²) in [7, 11) is -3.49. The Morgan fingerprint density at radius 1 is 1.14 bits per heavy atom. The van der Waals surface area contributed by atoms with Crippen molar-refractivity contribution in [2.75, 3.05) is 42.1 Å². The molecule has 0 bridgehead atoms. The summed E-state index contributed by atoms with van der Waals surface area (Å²) >= 11 is 0. The molecule has 0 spiro atoms. The zero-order valence-electron chi connectivity index (χ0n) is 15.4. The topological polar surface area (TPSA) is 90.0 Å². The zero-order chi connectivity index (χ0) is 20.3. The molecule has 150 valence electrons. The maximum absolute atomic E-state index is 13.3. The number of benzene rings is 2. The molecule has 0 aliphatic carbocycles. The van der Waals surface area contributed by atoms with Crippen LogP contribution in [-0.2, 0) is 16.6 Å². The number of piperazine rings is 1. The van der Waals surface area contributed by atoms with Crippen LogP contribution in [-0.4, -0.2) is 56.8 Å². The maximum Gasteiger partial charge on any atom is 0.337 e. The second-order valence-corrected chi connectivity index (χ2v) is 8.55. The van der Waals surface area contributed by atoms with Gasteiger partial charge in [0, 0.05) is 38.4 Å². The number of carboxylic acid groups (broad SMARTS) is 1. The quantitative estimate of drug-likeness (QED) is 0.763. The van der Waals surface area contributed by atoms with E-state index in [-0.39, 0.29) is 17.1 Å². The van der Waals surface area contributed by atoms with E-state index in [9.17, 15) is 22.7 Å². The van der Waals surface area contributed by atoms with Crippen LogP contribution in [0.1, 0.15) is 15.9 Å². The number of halogens is 1. The van der Waals surface area contributed by atoms with E-state index in [2.05, 4.69) is 9.62 Å². The minimum absolute atomic E-state index is 0.0484. The van der Waals surface area contributed by atoms with Crippen LogP contribution in [0.3, 0.4) is 0 Å². The van der Waals surface area contributed by atoms with E-state index in [0.717, 1.165) is 11.8 Å². The van der Waals surface area contributed by atoms with Gasteiger partial charge in [0.1, 0.15) is 5.82 Å². The molecule has 1 aliphatic rings. The average molecular weight is 407 g/mol. The van der Waals surface area contributed by atoms with Crippen LogP contribution >= 0.6 is 0 Å². The molecule has 0 radical (unpaired) electrons. The van der Waals surface area contributed by atoms with E-state index in [4.69, 9.17) is 0 Å². The van der Waals surface area contributed by atoms with Crippen molar-refractivity contribution in [3.63, 3.8) is 0 Å². The van der Waals surface area contributed by atoms with Crippen LogP contribution in [0.15, 0.2) is 42.5 Å². The van der Waals surface area contributed by atoms with E-state index in [0.29, 0.717) is 38.4 Å². The van der Waals surface area contributed by atoms with E-state index in [1.54, 1.807) is 18.2 Å². The fourth-order valence-corrected chi connectivity index (χ4v) is 3.86. The smallest absolute Gasteiger partial charge is 0.337 e. The van der Waals surface area contributed by atoms with Crippen molar-refractivity contribution in [1.29, 1.82) is 0 Å². The van der Waals surface area contributed by atoms with Crippen LogP contribution < -0.4 is 9.62 Å². The number of hydrogen-bond acceptors (Lipinski definition) is 5. The molecule has 2 aromatic carbocycles. The Balaban J connectivity index is 1.70. The van der Waals surface area contributed by atoms with E-state index in [1.165, 1.54) is 18.2 Å². The van der Waals surface area contributed by atoms with Crippen LogP contribution in [0.4, 0.5) is 15.8 Å². The first-order chi connectivity index (χ1) is 13.2. The number of rotatable bonds is 6. The van der Waals surface area contributed by atoms with E-state index < -0.39 is 16.0 Å². The van der Waals surface area contributed by atoms with Gasteiger partial charge in [-0.25, -0.2) is 17.6 Å². The van der Waals surface area contributed by atoms with Crippen LogP contribution in [0.5, 0.6) is 0 Å². The van der Waals surface area contributed by atoms with Crippen LogP contribution in [0.25, 0.3) is 0 Å². The average Bonchev–Trinajstić information content (AvgIpc) is 2.61. The Morgan fingerprint density at radius 2 is 1.86 bits per heavy atom. The largest absolute Gasteiger partial charge is 0.478 e. The molecule has 0 atom stereocenters. The van der Waals surface area contributed by atoms with Gasteiger partial charge in [-0.05, 0) is 35.9 Å². The fourth-order valence-electron chi connectivity index (χ4n) is 3.30. The lowest BCUT2D eigenvalue weighted by Crippen LogP contribution is -2.46. The van der Waals surface area contributed by atoms with Gasteiger partial charge in [-0.2, -0.15) is 0 Å². The van der Waals surface area contributed by atoms with Gasteiger partial charge in [0.2, 0.25) is 10.0 Å². The summed E-state index contributed by atoms with van der Waals surface area (Å²) < 4.78 is 38.4. The highest BCUT2D eigenvalue weighted by molar-refractivity contribution is 7.92. The highest BCUT2D eigenvalue weighted by Gasteiger charge is 2.22. The van der Waals surface area contributed by atoms with E-state index in [1.807, 2.05) is 11.0 Å². The molecule has 1 saturated heterocycles. The summed E-state index contributed by atoms with van der Waals surface area (Å²) in [5, 5.41) is 9.54. The number of carbonyl (C=O) groups is 1. The Hall–Kier alpha value is -2.65. The molecule has 9 heteroatoms. The summed E-state index contributed by atoms with van der Waals surface area (Å²) in [6.45, 7) is 3.29. The zero-order valence-corrected chi connectivity index (χ0v) is 16.2. The standard InChI is InChI=1S/C19H22FN3O4S/c1-28(26,27)21-16-5-6-18(17(12-16)19(24)25)23-9-7-22(8-10-23)13-14-3-2-4-15(20)11-14/h2-6,11-12,21H,7-10,13H2,1H3,(H,24,25). The fraction of sp³-hybridized carbons (Fsp3) is 0.316. The highest BCUT2D eigenvalue weighted by atomic mass is 32.2. The van der Waals surface area contributed by atoms with E-state index >= 15 is 0 Å². The lowest BCUT2D eigenvalue weighted by Gasteiger charge is -2.36. The molecule has 1 aliphatic heterocycles. The third-order valence-electron chi connectivity index (χ3n) is 4.54. The first-order valence-electron chi connectivity index (χ1n) is 8.78. The van der Waals surface area contributed by atoms with Gasteiger partial charge in [0.15, 0.2) is 0 Å². The molecule has 1 heterocycles. The first kappa shape index (κ1) is 20.1. The van der Waals surface area contributed by atoms with Crippen molar-refractivity contribution in [2.45, 2.75) is 6.54 Å². The third kappa shape index (κ3) is 5.20. The van der Waals surface area contributed by atoms with Gasteiger partial charge in [0.05, 0.1) is 17.5 Å². The third-order valence-corrected chi connectivity index (χ3v) is 5.14. The monoisotopic (exact) mass is 407 g/mol. The summed E-state index contributed by atoms with van der Waals surface area (Å²) in [4.78, 5) is 15.8. The molecule has 0 aromatic heterocycles. The number of carboxylic acids is 1. The van der Waals surface area contributed by atoms with Crippen molar-refractivity contribution >= 4 is 27.4 Å². The van der Waals surface area contributed by atoms with Gasteiger partial charge in [-0.15, -0.1) is 0 Å². The van der Waals surface area contributed by atoms with Gasteiger partial charge in [0.25, 0.3) is 0 Å². The predicted octanol–water partition coefficient (Wildman–Crippen LogP) is 2.22. The molecule has 1 fully saturated rings. The van der Waals surface area contributed by atoms with Crippen molar-refractivity contribution in [3.8, 4) is 0 Å². The molecule has 3 rings (SSSR count). The predicted molar refractivity (Wildman–Crippen MR) is 106 cm³/mol. The summed E-state index contributed by atoms with van der Waals surface area (Å²) in [6.07, 6.45) is 1.01. The Bertz CT molecular complexity index is 973. The van der Waals surface area contributed by atoms with Gasteiger partial charge >= 0.3 is 5.97 Å². The van der Waals surface area contributed by atoms with Crippen molar-refractivity contribution in [1.82, 2.24) is 4.90 Å². The molecule has 2 N–H and O–H groups in total. The molecule has 0 saturated carbocycles. The van der Waals surface area contributed by atoms with Crippen molar-refractivity contribution in [2.24, 2.45) is 0 Å². The lowest BCUT2D eigenvalue weighted by atomic mass is 10.1. The minimum Gasteiger partial charge on any atom is -0.478 e. The van der Waals surface area contributed by atoms with Gasteiger partial charge in [-0.1, -0.05) is 12.1 Å². The Morgan fingerprint density at radius 3 is 2.46 bits per heavy atom. The van der Waals surface area contributed by atoms with Crippen molar-refractivity contribution in [3.05, 3.63) is 59.4 Å². The number of anilines is 2. The molecule has 0 unspecified atom stereocenters. The maximum atomic E-state index is 13.3. The highest BCUT2D eigenvalue weighted by Crippen LogP contribution is 2.26. The number of nitrogens with one attached hydrogen (secondary N) is 1. The summed E-state index contributed by atoms with van der Waals surface area (Å²) in [5.74, 6) is -1.38. The normalized spacial score (nSPS) is 15.4. The van der Waals surface area contributed by atoms with Crippen molar-refractivity contribution < 1.29 is 22.7 Å². The molecular weight excluding hydrogens is 385 g/mol. The SMILES string of the molecule is CS(=O)(=O)Nc1ccc(N2CCN(Cc3cccc(F)c3)CC2)c(C(=O)O)c1. The molecular formula is C19H22FN3O4S. The molecule has 7 nitrogen and oxygen atoms in total. The number of sulfonamides is 1. The number of hydrogen-bond donors (Lipinski definition) is 2. The minimum atomic E-state index is -3.49. The first-order valence-corrected chi connectivity index (χ1v) is 10.7. The Kier molecular flexibility index (Phi) is 5.85. The Labute approximate surface area is 163 Å². The molecule has 0 amide bonds. The second kappa shape index (κ2) is 8.15. The molecule has 28 heavy (non-hydrogen) atoms. The summed E-state index contributed by atoms with van der Waals surface area (Å²) in [5.41, 5.74) is 1.72.